The number of ether oxygens (including phenoxy) is 1. The number of aromatic nitrogens is 4. The van der Waals surface area contributed by atoms with Gasteiger partial charge in [0.15, 0.2) is 5.82 Å². The first-order chi connectivity index (χ1) is 8.20. The smallest absolute Gasteiger partial charge is 0.234 e. The second-order valence-electron chi connectivity index (χ2n) is 4.50. The predicted octanol–water partition coefficient (Wildman–Crippen LogP) is 0.627. The Morgan fingerprint density at radius 1 is 1.47 bits per heavy atom. The van der Waals surface area contributed by atoms with E-state index in [4.69, 9.17) is 4.74 Å². The molecule has 2 aromatic rings. The van der Waals surface area contributed by atoms with Crippen LogP contribution in [0.5, 0.6) is 0 Å². The van der Waals surface area contributed by atoms with E-state index in [0.717, 1.165) is 35.3 Å². The van der Waals surface area contributed by atoms with Gasteiger partial charge in [0.05, 0.1) is 5.60 Å². The quantitative estimate of drug-likeness (QED) is 0.865. The molecule has 17 heavy (non-hydrogen) atoms. The molecule has 0 aliphatic carbocycles. The van der Waals surface area contributed by atoms with Crippen molar-refractivity contribution in [3.8, 4) is 0 Å². The number of nitrogens with zero attached hydrogens (tertiary/aromatic N) is 4. The fourth-order valence-electron chi connectivity index (χ4n) is 1.79. The molecule has 1 aliphatic heterocycles. The summed E-state index contributed by atoms with van der Waals surface area (Å²) in [5.41, 5.74) is -0.0282. The molecule has 0 aromatic carbocycles. The number of nitrogens with one attached hydrogen (secondary N) is 1. The monoisotopic (exact) mass is 253 g/mol. The maximum atomic E-state index is 5.85. The lowest BCUT2D eigenvalue weighted by Gasteiger charge is -2.38. The van der Waals surface area contributed by atoms with Crippen LogP contribution in [0.15, 0.2) is 0 Å². The van der Waals surface area contributed by atoms with Crippen LogP contribution in [0.3, 0.4) is 0 Å². The van der Waals surface area contributed by atoms with Crippen molar-refractivity contribution < 1.29 is 4.74 Å². The fraction of sp³-hybridized carbons (Fsp3) is 0.700. The van der Waals surface area contributed by atoms with Gasteiger partial charge in [-0.15, -0.1) is 10.2 Å². The van der Waals surface area contributed by atoms with E-state index in [-0.39, 0.29) is 5.60 Å². The van der Waals surface area contributed by atoms with Crippen LogP contribution in [0.1, 0.15) is 24.7 Å². The Morgan fingerprint density at radius 3 is 2.94 bits per heavy atom. The molecule has 0 atom stereocenters. The summed E-state index contributed by atoms with van der Waals surface area (Å²) in [5, 5.41) is 16.8. The molecule has 3 rings (SSSR count). The Hall–Kier alpha value is -1.05. The van der Waals surface area contributed by atoms with Crippen LogP contribution in [-0.2, 0) is 17.8 Å². The molecule has 7 heteroatoms. The maximum absolute atomic E-state index is 5.85. The Morgan fingerprint density at radius 2 is 2.29 bits per heavy atom. The van der Waals surface area contributed by atoms with E-state index in [2.05, 4.69) is 27.5 Å². The lowest BCUT2D eigenvalue weighted by Crippen LogP contribution is -2.58. The summed E-state index contributed by atoms with van der Waals surface area (Å²) in [6.07, 6.45) is 0.840. The van der Waals surface area contributed by atoms with Gasteiger partial charge in [-0.3, -0.25) is 0 Å². The van der Waals surface area contributed by atoms with Crippen molar-refractivity contribution in [1.29, 1.82) is 0 Å². The van der Waals surface area contributed by atoms with E-state index in [1.165, 1.54) is 0 Å². The molecule has 0 radical (unpaired) electrons. The highest BCUT2D eigenvalue weighted by atomic mass is 32.1. The van der Waals surface area contributed by atoms with Crippen molar-refractivity contribution in [3.05, 3.63) is 10.8 Å². The first kappa shape index (κ1) is 11.1. The maximum Gasteiger partial charge on any atom is 0.234 e. The van der Waals surface area contributed by atoms with Gasteiger partial charge in [-0.05, 0) is 6.92 Å². The molecule has 1 aliphatic rings. The summed E-state index contributed by atoms with van der Waals surface area (Å²) in [5.74, 6) is 0.902. The minimum atomic E-state index is -0.0282. The molecule has 0 amide bonds. The zero-order chi connectivity index (χ0) is 11.9. The Bertz CT molecular complexity index is 530. The van der Waals surface area contributed by atoms with Crippen LogP contribution in [0.4, 0.5) is 0 Å². The van der Waals surface area contributed by atoms with Gasteiger partial charge in [-0.1, -0.05) is 18.3 Å². The van der Waals surface area contributed by atoms with Gasteiger partial charge in [0, 0.05) is 19.5 Å². The zero-order valence-electron chi connectivity index (χ0n) is 9.93. The van der Waals surface area contributed by atoms with Gasteiger partial charge in [-0.25, -0.2) is 0 Å². The molecule has 92 valence electrons. The second kappa shape index (κ2) is 4.01. The first-order valence-electron chi connectivity index (χ1n) is 5.75. The van der Waals surface area contributed by atoms with Gasteiger partial charge >= 0.3 is 0 Å². The molecule has 0 unspecified atom stereocenters. The summed E-state index contributed by atoms with van der Waals surface area (Å²) in [7, 11) is 0. The van der Waals surface area contributed by atoms with Crippen LogP contribution in [0, 0.1) is 0 Å². The lowest BCUT2D eigenvalue weighted by molar-refractivity contribution is -0.0769. The third kappa shape index (κ3) is 1.94. The van der Waals surface area contributed by atoms with Gasteiger partial charge in [0.25, 0.3) is 0 Å². The molecule has 6 nitrogen and oxygen atoms in total. The molecule has 0 saturated carbocycles. The van der Waals surface area contributed by atoms with Gasteiger partial charge in [0.2, 0.25) is 4.96 Å². The van der Waals surface area contributed by atoms with E-state index in [0.29, 0.717) is 6.61 Å². The summed E-state index contributed by atoms with van der Waals surface area (Å²) in [6.45, 7) is 6.54. The number of rotatable bonds is 4. The lowest BCUT2D eigenvalue weighted by atomic mass is 10.0. The molecule has 3 heterocycles. The van der Waals surface area contributed by atoms with Crippen LogP contribution < -0.4 is 5.32 Å². The second-order valence-corrected chi connectivity index (χ2v) is 5.54. The topological polar surface area (TPSA) is 64.3 Å². The molecule has 0 bridgehead atoms. The molecular formula is C10H15N5OS. The SMILES string of the molecule is CCc1nnc2sc(COC3(C)CNC3)nn12. The minimum absolute atomic E-state index is 0.0282. The fourth-order valence-corrected chi connectivity index (χ4v) is 2.56. The highest BCUT2D eigenvalue weighted by Gasteiger charge is 2.32. The van der Waals surface area contributed by atoms with Crippen molar-refractivity contribution in [2.24, 2.45) is 0 Å². The summed E-state index contributed by atoms with van der Waals surface area (Å²) < 4.78 is 7.66. The van der Waals surface area contributed by atoms with E-state index in [9.17, 15) is 0 Å². The van der Waals surface area contributed by atoms with Crippen molar-refractivity contribution in [3.63, 3.8) is 0 Å². The number of hydrogen-bond donors (Lipinski definition) is 1. The normalized spacial score (nSPS) is 18.5. The Labute approximate surface area is 103 Å². The van der Waals surface area contributed by atoms with Crippen molar-refractivity contribution in [1.82, 2.24) is 25.1 Å². The van der Waals surface area contributed by atoms with E-state index in [1.807, 2.05) is 11.4 Å². The predicted molar refractivity (Wildman–Crippen MR) is 64.1 cm³/mol. The molecular weight excluding hydrogens is 238 g/mol. The first-order valence-corrected chi connectivity index (χ1v) is 6.56. The third-order valence-corrected chi connectivity index (χ3v) is 3.83. The number of fused-ring (bicyclic) bond motifs is 1. The van der Waals surface area contributed by atoms with Crippen LogP contribution in [0.2, 0.25) is 0 Å². The van der Waals surface area contributed by atoms with Crippen LogP contribution >= 0.6 is 11.3 Å². The molecule has 2 aromatic heterocycles. The van der Waals surface area contributed by atoms with Crippen molar-refractivity contribution >= 4 is 16.3 Å². The summed E-state index contributed by atoms with van der Waals surface area (Å²) in [6, 6.07) is 0. The van der Waals surface area contributed by atoms with Crippen molar-refractivity contribution in [2.45, 2.75) is 32.5 Å². The summed E-state index contributed by atoms with van der Waals surface area (Å²) >= 11 is 1.54. The molecule has 1 N–H and O–H groups in total. The molecule has 1 fully saturated rings. The van der Waals surface area contributed by atoms with Gasteiger partial charge in [-0.2, -0.15) is 9.61 Å². The van der Waals surface area contributed by atoms with E-state index >= 15 is 0 Å². The van der Waals surface area contributed by atoms with Crippen LogP contribution in [-0.4, -0.2) is 38.5 Å². The van der Waals surface area contributed by atoms with Crippen LogP contribution in [0.25, 0.3) is 4.96 Å². The number of aryl methyl sites for hydroxylation is 1. The van der Waals surface area contributed by atoms with Crippen molar-refractivity contribution in [2.75, 3.05) is 13.1 Å². The third-order valence-electron chi connectivity index (χ3n) is 2.96. The molecule has 0 spiro atoms. The highest BCUT2D eigenvalue weighted by Crippen LogP contribution is 2.20. The standard InChI is InChI=1S/C10H15N5OS/c1-3-7-12-13-9-15(7)14-8(17-9)4-16-10(2)5-11-6-10/h11H,3-6H2,1-2H3. The van der Waals surface area contributed by atoms with Gasteiger partial charge < -0.3 is 10.1 Å². The molecule has 1 saturated heterocycles. The average molecular weight is 253 g/mol. The van der Waals surface area contributed by atoms with E-state index < -0.39 is 0 Å². The minimum Gasteiger partial charge on any atom is -0.365 e. The van der Waals surface area contributed by atoms with Gasteiger partial charge in [0.1, 0.15) is 11.6 Å². The Balaban J connectivity index is 1.74. The van der Waals surface area contributed by atoms with E-state index in [1.54, 1.807) is 11.3 Å². The summed E-state index contributed by atoms with van der Waals surface area (Å²) in [4.78, 5) is 0.845. The average Bonchev–Trinajstić information content (AvgIpc) is 2.82. The zero-order valence-corrected chi connectivity index (χ0v) is 10.8. The number of hydrogen-bond acceptors (Lipinski definition) is 6. The largest absolute Gasteiger partial charge is 0.365 e. The highest BCUT2D eigenvalue weighted by molar-refractivity contribution is 7.16. The Kier molecular flexibility index (Phi) is 2.61.